The summed E-state index contributed by atoms with van der Waals surface area (Å²) in [6, 6.07) is 15.2. The van der Waals surface area contributed by atoms with Gasteiger partial charge in [-0.05, 0) is 44.2 Å². The molecule has 0 saturated heterocycles. The molecule has 0 atom stereocenters. The highest BCUT2D eigenvalue weighted by molar-refractivity contribution is 5.97. The van der Waals surface area contributed by atoms with E-state index < -0.39 is 0 Å². The minimum Gasteiger partial charge on any atom is -0.339 e. The molecule has 9 nitrogen and oxygen atoms in total. The largest absolute Gasteiger partial charge is 0.339 e. The molecule has 2 amide bonds. The maximum atomic E-state index is 12.6. The van der Waals surface area contributed by atoms with Gasteiger partial charge in [0.25, 0.3) is 5.91 Å². The third-order valence-corrected chi connectivity index (χ3v) is 4.96. The highest BCUT2D eigenvalue weighted by Gasteiger charge is 2.17. The van der Waals surface area contributed by atoms with Gasteiger partial charge in [0.2, 0.25) is 17.6 Å². The quantitative estimate of drug-likeness (QED) is 0.455. The summed E-state index contributed by atoms with van der Waals surface area (Å²) in [6.45, 7) is 3.80. The summed E-state index contributed by atoms with van der Waals surface area (Å²) >= 11 is 0. The predicted octanol–water partition coefficient (Wildman–Crippen LogP) is 2.93. The first-order valence-electron chi connectivity index (χ1n) is 10.1. The molecule has 0 bridgehead atoms. The lowest BCUT2D eigenvalue weighted by atomic mass is 10.2. The average Bonchev–Trinajstić information content (AvgIpc) is 3.41. The Morgan fingerprint density at radius 1 is 1.06 bits per heavy atom. The van der Waals surface area contributed by atoms with Crippen LogP contribution in [0.1, 0.15) is 34.1 Å². The number of hydrogen-bond donors (Lipinski definition) is 2. The van der Waals surface area contributed by atoms with Crippen LogP contribution >= 0.6 is 0 Å². The number of hydrazine groups is 1. The van der Waals surface area contributed by atoms with Gasteiger partial charge in [-0.25, -0.2) is 0 Å². The molecule has 2 N–H and O–H groups in total. The Morgan fingerprint density at radius 2 is 1.88 bits per heavy atom. The number of carbonyl (C=O) groups excluding carboxylic acids is 2. The smallest absolute Gasteiger partial charge is 0.271 e. The van der Waals surface area contributed by atoms with Crippen LogP contribution in [0.2, 0.25) is 0 Å². The molecule has 4 aromatic rings. The van der Waals surface area contributed by atoms with Crippen molar-refractivity contribution < 1.29 is 14.1 Å². The predicted molar refractivity (Wildman–Crippen MR) is 117 cm³/mol. The standard InChI is InChI=1S/C23H22N6O3/c1-15-13-19(16(2)29(15)18-8-4-3-5-9-18)23(31)27-26-20(30)10-11-21-25-22(28-32-21)17-7-6-12-24-14-17/h3-9,12-14H,10-11H2,1-2H3,(H,26,30)(H,27,31). The monoisotopic (exact) mass is 430 g/mol. The van der Waals surface area contributed by atoms with Gasteiger partial charge in [-0.1, -0.05) is 23.4 Å². The van der Waals surface area contributed by atoms with Crippen LogP contribution in [0.5, 0.6) is 0 Å². The number of rotatable bonds is 6. The second kappa shape index (κ2) is 9.25. The summed E-state index contributed by atoms with van der Waals surface area (Å²) in [6.07, 6.45) is 3.61. The average molecular weight is 430 g/mol. The van der Waals surface area contributed by atoms with E-state index in [1.54, 1.807) is 24.5 Å². The van der Waals surface area contributed by atoms with Crippen molar-refractivity contribution in [2.24, 2.45) is 0 Å². The van der Waals surface area contributed by atoms with Gasteiger partial charge in [0, 0.05) is 47.9 Å². The van der Waals surface area contributed by atoms with Crippen molar-refractivity contribution in [2.75, 3.05) is 0 Å². The van der Waals surface area contributed by atoms with E-state index in [2.05, 4.69) is 26.0 Å². The summed E-state index contributed by atoms with van der Waals surface area (Å²) in [5.74, 6) is -0.00560. The van der Waals surface area contributed by atoms with Crippen molar-refractivity contribution in [3.8, 4) is 17.1 Å². The Bertz CT molecular complexity index is 1230. The first-order chi connectivity index (χ1) is 15.5. The SMILES string of the molecule is Cc1cc(C(=O)NNC(=O)CCc2nc(-c3cccnc3)no2)c(C)n1-c1ccccc1. The van der Waals surface area contributed by atoms with Crippen molar-refractivity contribution in [2.45, 2.75) is 26.7 Å². The second-order valence-electron chi connectivity index (χ2n) is 7.21. The molecule has 0 fully saturated rings. The number of hydrogen-bond acceptors (Lipinski definition) is 6. The number of nitrogens with zero attached hydrogens (tertiary/aromatic N) is 4. The summed E-state index contributed by atoms with van der Waals surface area (Å²) in [5, 5.41) is 3.89. The van der Waals surface area contributed by atoms with Crippen molar-refractivity contribution in [3.63, 3.8) is 0 Å². The fourth-order valence-electron chi connectivity index (χ4n) is 3.41. The first-order valence-corrected chi connectivity index (χ1v) is 10.1. The van der Waals surface area contributed by atoms with Crippen LogP contribution < -0.4 is 10.9 Å². The van der Waals surface area contributed by atoms with Crippen LogP contribution in [-0.4, -0.2) is 31.5 Å². The molecule has 0 saturated carbocycles. The Morgan fingerprint density at radius 3 is 2.62 bits per heavy atom. The van der Waals surface area contributed by atoms with E-state index >= 15 is 0 Å². The summed E-state index contributed by atoms with van der Waals surface area (Å²) < 4.78 is 7.17. The van der Waals surface area contributed by atoms with Gasteiger partial charge < -0.3 is 9.09 Å². The van der Waals surface area contributed by atoms with E-state index in [0.717, 1.165) is 22.6 Å². The third-order valence-electron chi connectivity index (χ3n) is 4.96. The molecule has 0 aliphatic carbocycles. The highest BCUT2D eigenvalue weighted by atomic mass is 16.5. The topological polar surface area (TPSA) is 115 Å². The number of benzene rings is 1. The number of carbonyl (C=O) groups is 2. The van der Waals surface area contributed by atoms with Crippen molar-refractivity contribution >= 4 is 11.8 Å². The molecule has 4 rings (SSSR count). The minimum absolute atomic E-state index is 0.0813. The molecule has 0 aliphatic rings. The molecule has 162 valence electrons. The first kappa shape index (κ1) is 21.0. The Kier molecular flexibility index (Phi) is 6.07. The summed E-state index contributed by atoms with van der Waals surface area (Å²) in [7, 11) is 0. The van der Waals surface area contributed by atoms with Crippen molar-refractivity contribution in [3.05, 3.63) is 83.8 Å². The van der Waals surface area contributed by atoms with Crippen LogP contribution in [0, 0.1) is 13.8 Å². The van der Waals surface area contributed by atoms with Crippen LogP contribution in [-0.2, 0) is 11.2 Å². The normalized spacial score (nSPS) is 10.7. The number of nitrogens with one attached hydrogen (secondary N) is 2. The lowest BCUT2D eigenvalue weighted by molar-refractivity contribution is -0.121. The molecule has 1 aromatic carbocycles. The van der Waals surface area contributed by atoms with Gasteiger partial charge in [0.15, 0.2) is 0 Å². The zero-order chi connectivity index (χ0) is 22.5. The van der Waals surface area contributed by atoms with E-state index in [1.165, 1.54) is 0 Å². The molecule has 0 radical (unpaired) electrons. The zero-order valence-corrected chi connectivity index (χ0v) is 17.7. The number of aryl methyl sites for hydroxylation is 2. The van der Waals surface area contributed by atoms with Crippen LogP contribution in [0.15, 0.2) is 65.4 Å². The third kappa shape index (κ3) is 4.56. The molecular weight excluding hydrogens is 408 g/mol. The Balaban J connectivity index is 1.32. The minimum atomic E-state index is -0.384. The summed E-state index contributed by atoms with van der Waals surface area (Å²) in [5.41, 5.74) is 8.81. The van der Waals surface area contributed by atoms with Crippen molar-refractivity contribution in [1.29, 1.82) is 0 Å². The molecular formula is C23H22N6O3. The number of para-hydroxylation sites is 1. The van der Waals surface area contributed by atoms with Gasteiger partial charge in [-0.3, -0.25) is 25.4 Å². The molecule has 3 heterocycles. The highest BCUT2D eigenvalue weighted by Crippen LogP contribution is 2.20. The Hall–Kier alpha value is -4.27. The number of pyridine rings is 1. The Labute approximate surface area is 184 Å². The van der Waals surface area contributed by atoms with Crippen LogP contribution in [0.4, 0.5) is 0 Å². The van der Waals surface area contributed by atoms with E-state index in [1.807, 2.05) is 54.8 Å². The fraction of sp³-hybridized carbons (Fsp3) is 0.174. The maximum Gasteiger partial charge on any atom is 0.271 e. The molecule has 9 heteroatoms. The van der Waals surface area contributed by atoms with Crippen LogP contribution in [0.25, 0.3) is 17.1 Å². The van der Waals surface area contributed by atoms with E-state index in [9.17, 15) is 9.59 Å². The maximum absolute atomic E-state index is 12.6. The van der Waals surface area contributed by atoms with Crippen LogP contribution in [0.3, 0.4) is 0 Å². The van der Waals surface area contributed by atoms with Gasteiger partial charge in [0.1, 0.15) is 0 Å². The molecule has 0 spiro atoms. The number of amides is 2. The number of aromatic nitrogens is 4. The van der Waals surface area contributed by atoms with Gasteiger partial charge in [-0.15, -0.1) is 0 Å². The molecule has 0 aliphatic heterocycles. The second-order valence-corrected chi connectivity index (χ2v) is 7.21. The van der Waals surface area contributed by atoms with E-state index in [4.69, 9.17) is 4.52 Å². The lowest BCUT2D eigenvalue weighted by Gasteiger charge is -2.10. The molecule has 32 heavy (non-hydrogen) atoms. The zero-order valence-electron chi connectivity index (χ0n) is 17.7. The molecule has 0 unspecified atom stereocenters. The van der Waals surface area contributed by atoms with Crippen molar-refractivity contribution in [1.82, 2.24) is 30.5 Å². The van der Waals surface area contributed by atoms with Gasteiger partial charge in [-0.2, -0.15) is 4.98 Å². The molecule has 3 aromatic heterocycles. The van der Waals surface area contributed by atoms with Gasteiger partial charge in [0.05, 0.1) is 5.56 Å². The fourth-order valence-corrected chi connectivity index (χ4v) is 3.41. The lowest BCUT2D eigenvalue weighted by Crippen LogP contribution is -2.41. The van der Waals surface area contributed by atoms with Gasteiger partial charge >= 0.3 is 0 Å². The van der Waals surface area contributed by atoms with E-state index in [-0.39, 0.29) is 24.7 Å². The summed E-state index contributed by atoms with van der Waals surface area (Å²) in [4.78, 5) is 33.1. The van der Waals surface area contributed by atoms with E-state index in [0.29, 0.717) is 17.3 Å².